The van der Waals surface area contributed by atoms with Gasteiger partial charge in [0.15, 0.2) is 5.78 Å². The van der Waals surface area contributed by atoms with Crippen LogP contribution in [0, 0.1) is 50.7 Å². The SMILES string of the molecule is CC(C)=CC1CC(C2CCC3(C)C4CCC5C(C)(C)C(=O)C=CC56CC46C=CC23C)C(=O)O1. The van der Waals surface area contributed by atoms with Crippen LogP contribution >= 0.6 is 0 Å². The molecule has 1 aliphatic heterocycles. The van der Waals surface area contributed by atoms with Crippen molar-refractivity contribution in [2.45, 2.75) is 86.2 Å². The number of carbonyl (C=O) groups is 2. The number of hydrogen-bond donors (Lipinski definition) is 0. The molecule has 0 aromatic heterocycles. The predicted molar refractivity (Wildman–Crippen MR) is 129 cm³/mol. The van der Waals surface area contributed by atoms with Crippen LogP contribution in [-0.4, -0.2) is 17.9 Å². The summed E-state index contributed by atoms with van der Waals surface area (Å²) >= 11 is 0. The first-order chi connectivity index (χ1) is 15.4. The summed E-state index contributed by atoms with van der Waals surface area (Å²) in [5.74, 6) is 1.76. The minimum absolute atomic E-state index is 0.00626. The van der Waals surface area contributed by atoms with Gasteiger partial charge >= 0.3 is 5.97 Å². The molecule has 1 heterocycles. The minimum Gasteiger partial charge on any atom is -0.458 e. The Morgan fingerprint density at radius 1 is 0.970 bits per heavy atom. The van der Waals surface area contributed by atoms with Gasteiger partial charge in [-0.25, -0.2) is 0 Å². The maximum atomic E-state index is 13.0. The molecule has 3 nitrogen and oxygen atoms in total. The van der Waals surface area contributed by atoms with E-state index in [1.165, 1.54) is 24.8 Å². The summed E-state index contributed by atoms with van der Waals surface area (Å²) in [5.41, 5.74) is 1.53. The van der Waals surface area contributed by atoms with E-state index in [9.17, 15) is 9.59 Å². The van der Waals surface area contributed by atoms with E-state index in [1.54, 1.807) is 0 Å². The molecule has 0 amide bonds. The summed E-state index contributed by atoms with van der Waals surface area (Å²) in [5, 5.41) is 0. The third-order valence-electron chi connectivity index (χ3n) is 11.9. The van der Waals surface area contributed by atoms with Crippen molar-refractivity contribution in [3.05, 3.63) is 36.0 Å². The molecule has 9 unspecified atom stereocenters. The second kappa shape index (κ2) is 6.32. The highest BCUT2D eigenvalue weighted by Gasteiger charge is 2.80. The number of ether oxygens (including phenoxy) is 1. The average Bonchev–Trinajstić information content (AvgIpc) is 3.15. The number of allylic oxidation sites excluding steroid dienone is 5. The van der Waals surface area contributed by atoms with Gasteiger partial charge in [-0.3, -0.25) is 9.59 Å². The molecular weight excluding hydrogens is 408 g/mol. The molecule has 178 valence electrons. The van der Waals surface area contributed by atoms with Crippen LogP contribution < -0.4 is 0 Å². The lowest BCUT2D eigenvalue weighted by Crippen LogP contribution is -2.54. The minimum atomic E-state index is -0.259. The van der Waals surface area contributed by atoms with Gasteiger partial charge in [0.2, 0.25) is 0 Å². The Labute approximate surface area is 199 Å². The van der Waals surface area contributed by atoms with E-state index in [2.05, 4.69) is 65.8 Å². The Hall–Kier alpha value is -1.64. The van der Waals surface area contributed by atoms with Crippen molar-refractivity contribution in [3.8, 4) is 0 Å². The van der Waals surface area contributed by atoms with Crippen LogP contribution in [0.5, 0.6) is 0 Å². The maximum absolute atomic E-state index is 13.0. The Bertz CT molecular complexity index is 1030. The predicted octanol–water partition coefficient (Wildman–Crippen LogP) is 6.44. The van der Waals surface area contributed by atoms with Crippen molar-refractivity contribution < 1.29 is 14.3 Å². The van der Waals surface area contributed by atoms with Gasteiger partial charge in [-0.1, -0.05) is 51.5 Å². The quantitative estimate of drug-likeness (QED) is 0.360. The lowest BCUT2D eigenvalue weighted by atomic mass is 9.45. The van der Waals surface area contributed by atoms with Gasteiger partial charge in [0.1, 0.15) is 6.10 Å². The summed E-state index contributed by atoms with van der Waals surface area (Å²) in [7, 11) is 0. The van der Waals surface area contributed by atoms with E-state index in [0.717, 1.165) is 19.3 Å². The van der Waals surface area contributed by atoms with Crippen LogP contribution in [0.2, 0.25) is 0 Å². The first-order valence-corrected chi connectivity index (χ1v) is 13.2. The molecule has 6 aliphatic rings. The second-order valence-corrected chi connectivity index (χ2v) is 13.6. The topological polar surface area (TPSA) is 43.4 Å². The zero-order chi connectivity index (χ0) is 23.6. The van der Waals surface area contributed by atoms with Crippen molar-refractivity contribution >= 4 is 11.8 Å². The summed E-state index contributed by atoms with van der Waals surface area (Å²) < 4.78 is 5.81. The largest absolute Gasteiger partial charge is 0.458 e. The standard InChI is InChI=1S/C30H40O3/c1-18(2)15-19-16-20(25(32)33-19)21-9-11-28(6)23-8-7-22-26(3,4)24(31)10-12-29(22)17-30(23,29)14-13-27(21,28)5/h10,12-15,19-23H,7-9,11,16-17H2,1-6H3. The first kappa shape index (κ1) is 21.9. The number of hydrogen-bond acceptors (Lipinski definition) is 3. The summed E-state index contributed by atoms with van der Waals surface area (Å²) in [6.45, 7) is 13.5. The monoisotopic (exact) mass is 448 g/mol. The molecule has 0 N–H and O–H groups in total. The summed E-state index contributed by atoms with van der Waals surface area (Å²) in [6.07, 6.45) is 18.1. The molecule has 6 rings (SSSR count). The molecule has 3 heteroatoms. The molecule has 0 bridgehead atoms. The second-order valence-electron chi connectivity index (χ2n) is 13.6. The molecule has 2 spiro atoms. The van der Waals surface area contributed by atoms with E-state index < -0.39 is 0 Å². The third kappa shape index (κ3) is 2.42. The Morgan fingerprint density at radius 2 is 1.67 bits per heavy atom. The van der Waals surface area contributed by atoms with Crippen molar-refractivity contribution in [3.63, 3.8) is 0 Å². The van der Waals surface area contributed by atoms with Gasteiger partial charge in [0, 0.05) is 22.7 Å². The summed E-state index contributed by atoms with van der Waals surface area (Å²) in [6, 6.07) is 0. The molecule has 1 saturated heterocycles. The number of cyclic esters (lactones) is 1. The van der Waals surface area contributed by atoms with Crippen molar-refractivity contribution in [2.24, 2.45) is 50.7 Å². The van der Waals surface area contributed by atoms with Gasteiger partial charge in [-0.15, -0.1) is 0 Å². The smallest absolute Gasteiger partial charge is 0.309 e. The first-order valence-electron chi connectivity index (χ1n) is 13.2. The fraction of sp³-hybridized carbons (Fsp3) is 0.733. The van der Waals surface area contributed by atoms with Gasteiger partial charge in [0.25, 0.3) is 0 Å². The highest BCUT2D eigenvalue weighted by Crippen LogP contribution is 2.86. The normalized spacial score (nSPS) is 53.0. The van der Waals surface area contributed by atoms with E-state index in [0.29, 0.717) is 23.5 Å². The van der Waals surface area contributed by atoms with E-state index in [4.69, 9.17) is 4.74 Å². The van der Waals surface area contributed by atoms with Crippen LogP contribution in [-0.2, 0) is 14.3 Å². The van der Waals surface area contributed by atoms with Gasteiger partial charge in [-0.2, -0.15) is 0 Å². The van der Waals surface area contributed by atoms with Gasteiger partial charge in [-0.05, 0) is 86.7 Å². The number of fused-ring (bicyclic) bond motifs is 2. The molecule has 33 heavy (non-hydrogen) atoms. The highest BCUT2D eigenvalue weighted by atomic mass is 16.5. The molecule has 0 radical (unpaired) electrons. The Balaban J connectivity index is 1.37. The van der Waals surface area contributed by atoms with Crippen LogP contribution in [0.25, 0.3) is 0 Å². The number of ketones is 1. The highest BCUT2D eigenvalue weighted by molar-refractivity contribution is 5.96. The van der Waals surface area contributed by atoms with Crippen molar-refractivity contribution in [2.75, 3.05) is 0 Å². The van der Waals surface area contributed by atoms with Crippen LogP contribution in [0.1, 0.15) is 80.1 Å². The van der Waals surface area contributed by atoms with E-state index >= 15 is 0 Å². The molecule has 3 saturated carbocycles. The molecule has 0 aromatic carbocycles. The molecule has 5 aliphatic carbocycles. The number of rotatable bonds is 2. The fourth-order valence-corrected chi connectivity index (χ4v) is 10.0. The van der Waals surface area contributed by atoms with Gasteiger partial charge in [0.05, 0.1) is 5.92 Å². The molecular formula is C30H40O3. The van der Waals surface area contributed by atoms with Crippen LogP contribution in [0.15, 0.2) is 36.0 Å². The van der Waals surface area contributed by atoms with Crippen molar-refractivity contribution in [1.82, 2.24) is 0 Å². The Morgan fingerprint density at radius 3 is 2.39 bits per heavy atom. The maximum Gasteiger partial charge on any atom is 0.309 e. The van der Waals surface area contributed by atoms with E-state index in [1.807, 2.05) is 6.08 Å². The Kier molecular flexibility index (Phi) is 4.19. The van der Waals surface area contributed by atoms with Crippen LogP contribution in [0.3, 0.4) is 0 Å². The fourth-order valence-electron chi connectivity index (χ4n) is 10.0. The third-order valence-corrected chi connectivity index (χ3v) is 11.9. The number of esters is 1. The molecule has 4 fully saturated rings. The van der Waals surface area contributed by atoms with E-state index in [-0.39, 0.29) is 45.1 Å². The van der Waals surface area contributed by atoms with Crippen LogP contribution in [0.4, 0.5) is 0 Å². The summed E-state index contributed by atoms with van der Waals surface area (Å²) in [4.78, 5) is 25.7. The lowest BCUT2D eigenvalue weighted by Gasteiger charge is -2.59. The zero-order valence-electron chi connectivity index (χ0n) is 21.2. The zero-order valence-corrected chi connectivity index (χ0v) is 21.2. The molecule has 9 atom stereocenters. The molecule has 0 aromatic rings. The van der Waals surface area contributed by atoms with Gasteiger partial charge < -0.3 is 4.74 Å². The number of carbonyl (C=O) groups excluding carboxylic acids is 2. The van der Waals surface area contributed by atoms with Crippen molar-refractivity contribution in [1.29, 1.82) is 0 Å². The average molecular weight is 449 g/mol. The lowest BCUT2D eigenvalue weighted by molar-refractivity contribution is -0.146.